The lowest BCUT2D eigenvalue weighted by molar-refractivity contribution is 0.669. The fraction of sp³-hybridized carbons (Fsp3) is 0. The van der Waals surface area contributed by atoms with Gasteiger partial charge in [-0.25, -0.2) is 15.0 Å². The van der Waals surface area contributed by atoms with Crippen molar-refractivity contribution >= 4 is 65.3 Å². The SMILES string of the molecule is c1ccc(-c2nc(-c3ccccc3)nc(-c3ccc(-n4c5ccccc5c5cc6ccccc6cc54)c(-c4c5ccccc5cc5oc6ccccc6c45)c3)n2)cc1. The number of fused-ring (bicyclic) bond motifs is 8. The topological polar surface area (TPSA) is 56.7 Å². The molecule has 0 saturated carbocycles. The molecule has 3 heterocycles. The molecule has 0 unspecified atom stereocenters. The molecule has 5 nitrogen and oxygen atoms in total. The average Bonchev–Trinajstić information content (AvgIpc) is 3.82. The van der Waals surface area contributed by atoms with Gasteiger partial charge in [-0.15, -0.1) is 0 Å². The summed E-state index contributed by atoms with van der Waals surface area (Å²) in [5.41, 5.74) is 9.91. The number of rotatable bonds is 5. The standard InChI is InChI=1S/C53H32N4O/c1-3-15-33(16-4-1)51-54-52(34-17-5-2-6-18-34)56-53(55-51)38-27-28-45(57-44-25-13-11-23-40(44)42-29-35-19-7-8-20-36(35)31-46(42)57)43(30-38)49-39-22-10-9-21-37(39)32-48-50(49)41-24-12-14-26-47(41)58-48/h1-32H. The van der Waals surface area contributed by atoms with Crippen LogP contribution in [0.25, 0.3) is 116 Å². The Morgan fingerprint density at radius 1 is 0.362 bits per heavy atom. The lowest BCUT2D eigenvalue weighted by atomic mass is 9.91. The highest BCUT2D eigenvalue weighted by Crippen LogP contribution is 2.46. The summed E-state index contributed by atoms with van der Waals surface area (Å²) in [6, 6.07) is 68.1. The molecule has 9 aromatic carbocycles. The molecule has 0 aliphatic rings. The average molecular weight is 741 g/mol. The van der Waals surface area contributed by atoms with E-state index in [9.17, 15) is 0 Å². The summed E-state index contributed by atoms with van der Waals surface area (Å²) < 4.78 is 9.08. The first-order valence-corrected chi connectivity index (χ1v) is 19.5. The molecule has 0 amide bonds. The minimum atomic E-state index is 0.599. The Labute approximate surface area is 333 Å². The van der Waals surface area contributed by atoms with Crippen molar-refractivity contribution in [2.75, 3.05) is 0 Å². The van der Waals surface area contributed by atoms with Crippen molar-refractivity contribution in [3.05, 3.63) is 194 Å². The lowest BCUT2D eigenvalue weighted by Gasteiger charge is -2.18. The zero-order valence-corrected chi connectivity index (χ0v) is 31.2. The van der Waals surface area contributed by atoms with Gasteiger partial charge in [-0.05, 0) is 70.1 Å². The van der Waals surface area contributed by atoms with Gasteiger partial charge in [0, 0.05) is 49.4 Å². The number of hydrogen-bond acceptors (Lipinski definition) is 4. The molecular weight excluding hydrogens is 709 g/mol. The van der Waals surface area contributed by atoms with Crippen molar-refractivity contribution in [3.63, 3.8) is 0 Å². The van der Waals surface area contributed by atoms with E-state index in [-0.39, 0.29) is 0 Å². The Morgan fingerprint density at radius 3 is 1.66 bits per heavy atom. The highest BCUT2D eigenvalue weighted by Gasteiger charge is 2.23. The van der Waals surface area contributed by atoms with Gasteiger partial charge in [-0.3, -0.25) is 0 Å². The fourth-order valence-corrected chi connectivity index (χ4v) is 8.75. The second kappa shape index (κ2) is 12.8. The molecule has 0 spiro atoms. The van der Waals surface area contributed by atoms with Crippen LogP contribution in [0.2, 0.25) is 0 Å². The van der Waals surface area contributed by atoms with E-state index in [2.05, 4.69) is 132 Å². The maximum absolute atomic E-state index is 6.65. The molecule has 270 valence electrons. The van der Waals surface area contributed by atoms with E-state index < -0.39 is 0 Å². The van der Waals surface area contributed by atoms with Gasteiger partial charge in [0.05, 0.1) is 16.7 Å². The summed E-state index contributed by atoms with van der Waals surface area (Å²) >= 11 is 0. The number of hydrogen-bond donors (Lipinski definition) is 0. The van der Waals surface area contributed by atoms with E-state index >= 15 is 0 Å². The van der Waals surface area contributed by atoms with Crippen LogP contribution in [-0.2, 0) is 0 Å². The van der Waals surface area contributed by atoms with Crippen molar-refractivity contribution in [1.82, 2.24) is 19.5 Å². The maximum Gasteiger partial charge on any atom is 0.164 e. The molecule has 12 aromatic rings. The van der Waals surface area contributed by atoms with Crippen molar-refractivity contribution in [1.29, 1.82) is 0 Å². The second-order valence-corrected chi connectivity index (χ2v) is 14.8. The third-order valence-electron chi connectivity index (χ3n) is 11.4. The van der Waals surface area contributed by atoms with Crippen molar-refractivity contribution in [2.24, 2.45) is 0 Å². The molecular formula is C53H32N4O. The molecule has 0 radical (unpaired) electrons. The predicted octanol–water partition coefficient (Wildman–Crippen LogP) is 13.8. The van der Waals surface area contributed by atoms with E-state index in [0.717, 1.165) is 77.2 Å². The molecule has 0 saturated heterocycles. The molecule has 0 fully saturated rings. The van der Waals surface area contributed by atoms with Crippen LogP contribution in [0.3, 0.4) is 0 Å². The molecule has 0 aliphatic carbocycles. The Morgan fingerprint density at radius 2 is 0.931 bits per heavy atom. The zero-order chi connectivity index (χ0) is 38.2. The van der Waals surface area contributed by atoms with Crippen LogP contribution < -0.4 is 0 Å². The van der Waals surface area contributed by atoms with E-state index in [1.807, 2.05) is 66.7 Å². The number of aromatic nitrogens is 4. The van der Waals surface area contributed by atoms with Crippen LogP contribution >= 0.6 is 0 Å². The summed E-state index contributed by atoms with van der Waals surface area (Å²) in [6.45, 7) is 0. The molecule has 3 aromatic heterocycles. The van der Waals surface area contributed by atoms with Crippen LogP contribution in [0.4, 0.5) is 0 Å². The van der Waals surface area contributed by atoms with Gasteiger partial charge in [-0.2, -0.15) is 0 Å². The lowest BCUT2D eigenvalue weighted by Crippen LogP contribution is -2.02. The third kappa shape index (κ3) is 5.07. The number of nitrogens with zero attached hydrogens (tertiary/aromatic N) is 4. The van der Waals surface area contributed by atoms with E-state index in [1.54, 1.807) is 0 Å². The van der Waals surface area contributed by atoms with E-state index in [0.29, 0.717) is 17.5 Å². The largest absolute Gasteiger partial charge is 0.456 e. The molecule has 0 N–H and O–H groups in total. The third-order valence-corrected chi connectivity index (χ3v) is 11.4. The fourth-order valence-electron chi connectivity index (χ4n) is 8.75. The monoisotopic (exact) mass is 740 g/mol. The smallest absolute Gasteiger partial charge is 0.164 e. The molecule has 5 heteroatoms. The van der Waals surface area contributed by atoms with Gasteiger partial charge in [-0.1, -0.05) is 146 Å². The highest BCUT2D eigenvalue weighted by molar-refractivity contribution is 6.22. The van der Waals surface area contributed by atoms with Crippen molar-refractivity contribution in [3.8, 4) is 51.0 Å². The Bertz CT molecular complexity index is 3510. The Kier molecular flexibility index (Phi) is 7.16. The predicted molar refractivity (Wildman–Crippen MR) is 238 cm³/mol. The Balaban J connectivity index is 1.23. The van der Waals surface area contributed by atoms with Crippen molar-refractivity contribution < 1.29 is 4.42 Å². The summed E-state index contributed by atoms with van der Waals surface area (Å²) in [5.74, 6) is 1.85. The number of para-hydroxylation sites is 2. The quantitative estimate of drug-likeness (QED) is 0.176. The first kappa shape index (κ1) is 32.4. The van der Waals surface area contributed by atoms with Crippen molar-refractivity contribution in [2.45, 2.75) is 0 Å². The number of furan rings is 1. The van der Waals surface area contributed by atoms with Gasteiger partial charge in [0.1, 0.15) is 11.2 Å². The summed E-state index contributed by atoms with van der Waals surface area (Å²) in [7, 11) is 0. The van der Waals surface area contributed by atoms with Crippen LogP contribution in [0.1, 0.15) is 0 Å². The van der Waals surface area contributed by atoms with E-state index in [1.165, 1.54) is 21.5 Å². The van der Waals surface area contributed by atoms with Gasteiger partial charge in [0.2, 0.25) is 0 Å². The normalized spacial score (nSPS) is 11.8. The van der Waals surface area contributed by atoms with Gasteiger partial charge in [0.25, 0.3) is 0 Å². The zero-order valence-electron chi connectivity index (χ0n) is 31.2. The van der Waals surface area contributed by atoms with Gasteiger partial charge >= 0.3 is 0 Å². The molecule has 58 heavy (non-hydrogen) atoms. The highest BCUT2D eigenvalue weighted by atomic mass is 16.3. The summed E-state index contributed by atoms with van der Waals surface area (Å²) in [5, 5.41) is 9.20. The molecule has 12 rings (SSSR count). The first-order valence-electron chi connectivity index (χ1n) is 19.5. The van der Waals surface area contributed by atoms with Crippen LogP contribution in [-0.4, -0.2) is 19.5 Å². The van der Waals surface area contributed by atoms with Gasteiger partial charge in [0.15, 0.2) is 17.5 Å². The van der Waals surface area contributed by atoms with Crippen LogP contribution in [0.15, 0.2) is 199 Å². The van der Waals surface area contributed by atoms with E-state index in [4.69, 9.17) is 19.4 Å². The first-order chi connectivity index (χ1) is 28.7. The minimum Gasteiger partial charge on any atom is -0.456 e. The number of benzene rings is 9. The Hall–Kier alpha value is -7.89. The van der Waals surface area contributed by atoms with Crippen LogP contribution in [0, 0.1) is 0 Å². The molecule has 0 aliphatic heterocycles. The minimum absolute atomic E-state index is 0.599. The summed E-state index contributed by atoms with van der Waals surface area (Å²) in [6.07, 6.45) is 0. The summed E-state index contributed by atoms with van der Waals surface area (Å²) in [4.78, 5) is 15.4. The maximum atomic E-state index is 6.65. The second-order valence-electron chi connectivity index (χ2n) is 14.8. The molecule has 0 bridgehead atoms. The van der Waals surface area contributed by atoms with Crippen LogP contribution in [0.5, 0.6) is 0 Å². The van der Waals surface area contributed by atoms with Gasteiger partial charge < -0.3 is 8.98 Å². The molecule has 0 atom stereocenters.